The first-order valence-corrected chi connectivity index (χ1v) is 7.59. The molecule has 0 aliphatic carbocycles. The maximum absolute atomic E-state index is 12.0. The number of aliphatic hydroxyl groups excluding tert-OH is 1. The number of aryl methyl sites for hydroxylation is 2. The molecule has 5 heteroatoms. The molecule has 0 aromatic heterocycles. The van der Waals surface area contributed by atoms with Gasteiger partial charge in [0.15, 0.2) is 0 Å². The van der Waals surface area contributed by atoms with Crippen LogP contribution in [0.2, 0.25) is 0 Å². The lowest BCUT2D eigenvalue weighted by atomic mass is 10.0. The Morgan fingerprint density at radius 1 is 1.09 bits per heavy atom. The fourth-order valence-corrected chi connectivity index (χ4v) is 2.38. The highest BCUT2D eigenvalue weighted by atomic mass is 16.3. The number of amides is 2. The van der Waals surface area contributed by atoms with Gasteiger partial charge >= 0.3 is 0 Å². The molecule has 122 valence electrons. The van der Waals surface area contributed by atoms with Gasteiger partial charge in [-0.1, -0.05) is 24.1 Å². The van der Waals surface area contributed by atoms with Gasteiger partial charge in [-0.15, -0.1) is 0 Å². The Morgan fingerprint density at radius 2 is 1.68 bits per heavy atom. The van der Waals surface area contributed by atoms with Crippen LogP contribution in [-0.2, 0) is 4.79 Å². The maximum Gasteiger partial charge on any atom is 0.251 e. The summed E-state index contributed by atoms with van der Waals surface area (Å²) in [4.78, 5) is 23.7. The minimum absolute atomic E-state index is 0.0484. The summed E-state index contributed by atoms with van der Waals surface area (Å²) in [6.07, 6.45) is 0.256. The van der Waals surface area contributed by atoms with Crippen molar-refractivity contribution in [1.82, 2.24) is 10.6 Å². The minimum Gasteiger partial charge on any atom is -0.393 e. The second-order valence-corrected chi connectivity index (χ2v) is 6.05. The number of hydrogen-bond acceptors (Lipinski definition) is 3. The van der Waals surface area contributed by atoms with Crippen LogP contribution < -0.4 is 10.6 Å². The first-order chi connectivity index (χ1) is 10.3. The van der Waals surface area contributed by atoms with E-state index < -0.39 is 0 Å². The molecule has 0 radical (unpaired) electrons. The van der Waals surface area contributed by atoms with Crippen molar-refractivity contribution in [3.8, 4) is 0 Å². The van der Waals surface area contributed by atoms with Crippen LogP contribution in [0.1, 0.15) is 41.8 Å². The zero-order valence-electron chi connectivity index (χ0n) is 13.8. The van der Waals surface area contributed by atoms with E-state index in [9.17, 15) is 14.7 Å². The Labute approximate surface area is 132 Å². The van der Waals surface area contributed by atoms with Gasteiger partial charge in [-0.05, 0) is 45.2 Å². The molecule has 22 heavy (non-hydrogen) atoms. The number of benzene rings is 1. The monoisotopic (exact) mass is 306 g/mol. The standard InChI is InChI=1S/C17H26N2O3/c1-11-5-12(2)8-15(7-11)17(22)19-10-16(21)18-9-13(3)6-14(4)20/h5,7-8,13-14,20H,6,9-10H2,1-4H3,(H,18,21)(H,19,22). The molecule has 2 atom stereocenters. The molecule has 0 aliphatic rings. The van der Waals surface area contributed by atoms with E-state index in [2.05, 4.69) is 10.6 Å². The van der Waals surface area contributed by atoms with Crippen LogP contribution >= 0.6 is 0 Å². The molecular formula is C17H26N2O3. The number of nitrogens with one attached hydrogen (secondary N) is 2. The highest BCUT2D eigenvalue weighted by molar-refractivity contribution is 5.96. The van der Waals surface area contributed by atoms with Gasteiger partial charge in [0.05, 0.1) is 12.6 Å². The molecule has 0 saturated heterocycles. The van der Waals surface area contributed by atoms with E-state index in [-0.39, 0.29) is 30.4 Å². The van der Waals surface area contributed by atoms with Crippen molar-refractivity contribution in [3.63, 3.8) is 0 Å². The van der Waals surface area contributed by atoms with E-state index in [1.165, 1.54) is 0 Å². The summed E-state index contributed by atoms with van der Waals surface area (Å²) < 4.78 is 0. The number of hydrogen-bond donors (Lipinski definition) is 3. The van der Waals surface area contributed by atoms with Gasteiger partial charge in [0.1, 0.15) is 0 Å². The lowest BCUT2D eigenvalue weighted by Gasteiger charge is -2.14. The van der Waals surface area contributed by atoms with Crippen LogP contribution in [0.5, 0.6) is 0 Å². The normalized spacial score (nSPS) is 13.3. The van der Waals surface area contributed by atoms with Crippen molar-refractivity contribution < 1.29 is 14.7 Å². The molecule has 0 spiro atoms. The lowest BCUT2D eigenvalue weighted by Crippen LogP contribution is -2.38. The number of rotatable bonds is 7. The maximum atomic E-state index is 12.0. The van der Waals surface area contributed by atoms with E-state index in [0.29, 0.717) is 18.5 Å². The first kappa shape index (κ1) is 18.2. The van der Waals surface area contributed by atoms with E-state index in [1.807, 2.05) is 26.8 Å². The molecule has 0 saturated carbocycles. The van der Waals surface area contributed by atoms with E-state index in [4.69, 9.17) is 0 Å². The Balaban J connectivity index is 2.39. The smallest absolute Gasteiger partial charge is 0.251 e. The van der Waals surface area contributed by atoms with Gasteiger partial charge in [0, 0.05) is 12.1 Å². The van der Waals surface area contributed by atoms with Crippen molar-refractivity contribution in [1.29, 1.82) is 0 Å². The highest BCUT2D eigenvalue weighted by Gasteiger charge is 2.11. The third kappa shape index (κ3) is 6.72. The zero-order chi connectivity index (χ0) is 16.7. The summed E-state index contributed by atoms with van der Waals surface area (Å²) in [5.74, 6) is -0.284. The molecule has 0 fully saturated rings. The molecule has 1 rings (SSSR count). The quantitative estimate of drug-likeness (QED) is 0.715. The van der Waals surface area contributed by atoms with Crippen molar-refractivity contribution in [2.24, 2.45) is 5.92 Å². The highest BCUT2D eigenvalue weighted by Crippen LogP contribution is 2.08. The Bertz CT molecular complexity index is 506. The van der Waals surface area contributed by atoms with E-state index in [0.717, 1.165) is 11.1 Å². The zero-order valence-corrected chi connectivity index (χ0v) is 13.8. The van der Waals surface area contributed by atoms with E-state index >= 15 is 0 Å². The fraction of sp³-hybridized carbons (Fsp3) is 0.529. The van der Waals surface area contributed by atoms with Crippen molar-refractivity contribution in [2.75, 3.05) is 13.1 Å². The molecule has 1 aromatic rings. The van der Waals surface area contributed by atoms with Gasteiger partial charge < -0.3 is 15.7 Å². The minimum atomic E-state index is -0.379. The average molecular weight is 306 g/mol. The van der Waals surface area contributed by atoms with Crippen LogP contribution in [0.15, 0.2) is 18.2 Å². The molecule has 2 unspecified atom stereocenters. The molecule has 1 aromatic carbocycles. The Kier molecular flexibility index (Phi) is 7.05. The SMILES string of the molecule is Cc1cc(C)cc(C(=O)NCC(=O)NCC(C)CC(C)O)c1. The largest absolute Gasteiger partial charge is 0.393 e. The van der Waals surface area contributed by atoms with Crippen molar-refractivity contribution >= 4 is 11.8 Å². The third-order valence-corrected chi connectivity index (χ3v) is 3.28. The van der Waals surface area contributed by atoms with Gasteiger partial charge in [-0.3, -0.25) is 9.59 Å². The summed E-state index contributed by atoms with van der Waals surface area (Å²) in [5.41, 5.74) is 2.59. The molecular weight excluding hydrogens is 280 g/mol. The van der Waals surface area contributed by atoms with Crippen LogP contribution in [0, 0.1) is 19.8 Å². The van der Waals surface area contributed by atoms with Gasteiger partial charge in [0.25, 0.3) is 5.91 Å². The predicted molar refractivity (Wildman–Crippen MR) is 86.7 cm³/mol. The van der Waals surface area contributed by atoms with E-state index in [1.54, 1.807) is 19.1 Å². The Hall–Kier alpha value is -1.88. The second-order valence-electron chi connectivity index (χ2n) is 6.05. The molecule has 3 N–H and O–H groups in total. The van der Waals surface area contributed by atoms with Crippen LogP contribution in [-0.4, -0.2) is 36.1 Å². The Morgan fingerprint density at radius 3 is 2.23 bits per heavy atom. The third-order valence-electron chi connectivity index (χ3n) is 3.28. The summed E-state index contributed by atoms with van der Waals surface area (Å²) in [6.45, 7) is 7.99. The molecule has 0 heterocycles. The molecule has 0 bridgehead atoms. The fourth-order valence-electron chi connectivity index (χ4n) is 2.38. The van der Waals surface area contributed by atoms with Gasteiger partial charge in [0.2, 0.25) is 5.91 Å². The average Bonchev–Trinajstić information content (AvgIpc) is 2.40. The second kappa shape index (κ2) is 8.54. The van der Waals surface area contributed by atoms with Crippen LogP contribution in [0.4, 0.5) is 0 Å². The number of aliphatic hydroxyl groups is 1. The topological polar surface area (TPSA) is 78.4 Å². The molecule has 5 nitrogen and oxygen atoms in total. The van der Waals surface area contributed by atoms with Crippen LogP contribution in [0.25, 0.3) is 0 Å². The lowest BCUT2D eigenvalue weighted by molar-refractivity contribution is -0.120. The first-order valence-electron chi connectivity index (χ1n) is 7.59. The summed E-state index contributed by atoms with van der Waals surface area (Å²) in [7, 11) is 0. The van der Waals surface area contributed by atoms with Crippen LogP contribution in [0.3, 0.4) is 0 Å². The van der Waals surface area contributed by atoms with Crippen molar-refractivity contribution in [3.05, 3.63) is 34.9 Å². The number of carbonyl (C=O) groups excluding carboxylic acids is 2. The molecule has 2 amide bonds. The van der Waals surface area contributed by atoms with Crippen molar-refractivity contribution in [2.45, 2.75) is 40.2 Å². The predicted octanol–water partition coefficient (Wildman–Crippen LogP) is 1.56. The van der Waals surface area contributed by atoms with Gasteiger partial charge in [-0.25, -0.2) is 0 Å². The summed E-state index contributed by atoms with van der Waals surface area (Å²) in [6, 6.07) is 5.59. The molecule has 0 aliphatic heterocycles. The van der Waals surface area contributed by atoms with Gasteiger partial charge in [-0.2, -0.15) is 0 Å². The summed E-state index contributed by atoms with van der Waals surface area (Å²) >= 11 is 0. The summed E-state index contributed by atoms with van der Waals surface area (Å²) in [5, 5.41) is 14.6. The number of carbonyl (C=O) groups is 2.